The van der Waals surface area contributed by atoms with Crippen molar-refractivity contribution < 1.29 is 18.9 Å². The molecule has 0 aromatic heterocycles. The molecule has 3 rings (SSSR count). The Hall–Kier alpha value is -1.99. The van der Waals surface area contributed by atoms with Gasteiger partial charge >= 0.3 is 0 Å². The van der Waals surface area contributed by atoms with E-state index in [2.05, 4.69) is 17.1 Å². The Labute approximate surface area is 161 Å². The van der Waals surface area contributed by atoms with Crippen LogP contribution < -0.4 is 14.8 Å². The van der Waals surface area contributed by atoms with Crippen molar-refractivity contribution in [2.75, 3.05) is 47.1 Å². The van der Waals surface area contributed by atoms with Gasteiger partial charge in [0.25, 0.3) is 0 Å². The SMILES string of the molecule is CCNC(=NCc1cccc(OC)c1OC)N1CCOC(C2CCCO2)C1. The number of benzene rings is 1. The molecule has 2 aliphatic heterocycles. The summed E-state index contributed by atoms with van der Waals surface area (Å²) in [5, 5.41) is 3.41. The molecule has 27 heavy (non-hydrogen) atoms. The molecule has 0 aliphatic carbocycles. The van der Waals surface area contributed by atoms with Crippen molar-refractivity contribution in [3.63, 3.8) is 0 Å². The molecule has 0 saturated carbocycles. The van der Waals surface area contributed by atoms with Gasteiger partial charge in [-0.2, -0.15) is 0 Å². The van der Waals surface area contributed by atoms with Gasteiger partial charge in [-0.1, -0.05) is 12.1 Å². The lowest BCUT2D eigenvalue weighted by molar-refractivity contribution is -0.0817. The molecular weight excluding hydrogens is 346 g/mol. The van der Waals surface area contributed by atoms with E-state index in [1.807, 2.05) is 18.2 Å². The van der Waals surface area contributed by atoms with Gasteiger partial charge in [0.2, 0.25) is 0 Å². The Morgan fingerprint density at radius 3 is 2.78 bits per heavy atom. The summed E-state index contributed by atoms with van der Waals surface area (Å²) in [4.78, 5) is 7.12. The van der Waals surface area contributed by atoms with Crippen molar-refractivity contribution in [2.45, 2.75) is 38.5 Å². The molecule has 2 saturated heterocycles. The van der Waals surface area contributed by atoms with E-state index in [0.29, 0.717) is 13.2 Å². The average Bonchev–Trinajstić information content (AvgIpc) is 3.25. The van der Waals surface area contributed by atoms with Gasteiger partial charge in [-0.25, -0.2) is 4.99 Å². The van der Waals surface area contributed by atoms with Crippen LogP contribution in [-0.2, 0) is 16.0 Å². The van der Waals surface area contributed by atoms with Crippen LogP contribution >= 0.6 is 0 Å². The molecular formula is C20H31N3O4. The van der Waals surface area contributed by atoms with Crippen molar-refractivity contribution in [3.05, 3.63) is 23.8 Å². The van der Waals surface area contributed by atoms with E-state index in [0.717, 1.165) is 62.1 Å². The van der Waals surface area contributed by atoms with Crippen LogP contribution in [0.1, 0.15) is 25.3 Å². The van der Waals surface area contributed by atoms with Crippen LogP contribution in [0.25, 0.3) is 0 Å². The predicted molar refractivity (Wildman–Crippen MR) is 105 cm³/mol. The quantitative estimate of drug-likeness (QED) is 0.605. The van der Waals surface area contributed by atoms with E-state index < -0.39 is 0 Å². The van der Waals surface area contributed by atoms with Crippen LogP contribution in [0.15, 0.2) is 23.2 Å². The van der Waals surface area contributed by atoms with Crippen molar-refractivity contribution in [3.8, 4) is 11.5 Å². The first-order chi connectivity index (χ1) is 13.3. The minimum absolute atomic E-state index is 0.108. The third-order valence-corrected chi connectivity index (χ3v) is 4.99. The van der Waals surface area contributed by atoms with E-state index in [-0.39, 0.29) is 12.2 Å². The zero-order valence-electron chi connectivity index (χ0n) is 16.6. The maximum atomic E-state index is 5.96. The first kappa shape index (κ1) is 19.8. The molecule has 0 amide bonds. The van der Waals surface area contributed by atoms with Crippen LogP contribution in [0.3, 0.4) is 0 Å². The van der Waals surface area contributed by atoms with Gasteiger partial charge in [-0.05, 0) is 25.8 Å². The molecule has 2 unspecified atom stereocenters. The first-order valence-electron chi connectivity index (χ1n) is 9.73. The number of aliphatic imine (C=N–C) groups is 1. The largest absolute Gasteiger partial charge is 0.493 e. The second kappa shape index (κ2) is 9.80. The van der Waals surface area contributed by atoms with Crippen molar-refractivity contribution in [1.29, 1.82) is 0 Å². The third kappa shape index (κ3) is 4.84. The number of para-hydroxylation sites is 1. The number of hydrogen-bond acceptors (Lipinski definition) is 5. The number of rotatable bonds is 6. The lowest BCUT2D eigenvalue weighted by Gasteiger charge is -2.37. The second-order valence-electron chi connectivity index (χ2n) is 6.73. The third-order valence-electron chi connectivity index (χ3n) is 4.99. The first-order valence-corrected chi connectivity index (χ1v) is 9.73. The summed E-state index contributed by atoms with van der Waals surface area (Å²) in [6.07, 6.45) is 2.51. The number of hydrogen-bond donors (Lipinski definition) is 1. The van der Waals surface area contributed by atoms with E-state index in [1.165, 1.54) is 0 Å². The Bertz CT molecular complexity index is 632. The number of morpholine rings is 1. The molecule has 0 bridgehead atoms. The van der Waals surface area contributed by atoms with Gasteiger partial charge in [-0.15, -0.1) is 0 Å². The van der Waals surface area contributed by atoms with Crippen LogP contribution in [-0.4, -0.2) is 70.1 Å². The van der Waals surface area contributed by atoms with Gasteiger partial charge in [0.15, 0.2) is 17.5 Å². The number of nitrogens with zero attached hydrogens (tertiary/aromatic N) is 2. The van der Waals surface area contributed by atoms with Gasteiger partial charge in [0.05, 0.1) is 33.5 Å². The van der Waals surface area contributed by atoms with Crippen LogP contribution in [0, 0.1) is 0 Å². The van der Waals surface area contributed by atoms with E-state index >= 15 is 0 Å². The summed E-state index contributed by atoms with van der Waals surface area (Å²) in [6, 6.07) is 5.87. The summed E-state index contributed by atoms with van der Waals surface area (Å²) in [6.45, 7) is 6.57. The smallest absolute Gasteiger partial charge is 0.194 e. The van der Waals surface area contributed by atoms with Gasteiger partial charge in [-0.3, -0.25) is 0 Å². The highest BCUT2D eigenvalue weighted by atomic mass is 16.5. The number of methoxy groups -OCH3 is 2. The van der Waals surface area contributed by atoms with Crippen molar-refractivity contribution in [1.82, 2.24) is 10.2 Å². The van der Waals surface area contributed by atoms with E-state index in [9.17, 15) is 0 Å². The molecule has 2 aliphatic rings. The molecule has 7 heteroatoms. The van der Waals surface area contributed by atoms with Crippen LogP contribution in [0.4, 0.5) is 0 Å². The number of nitrogens with one attached hydrogen (secondary N) is 1. The molecule has 0 radical (unpaired) electrons. The molecule has 1 aromatic carbocycles. The molecule has 1 aromatic rings. The fourth-order valence-corrected chi connectivity index (χ4v) is 3.65. The van der Waals surface area contributed by atoms with Gasteiger partial charge in [0.1, 0.15) is 6.10 Å². The van der Waals surface area contributed by atoms with Crippen molar-refractivity contribution >= 4 is 5.96 Å². The summed E-state index contributed by atoms with van der Waals surface area (Å²) >= 11 is 0. The molecule has 2 heterocycles. The highest BCUT2D eigenvalue weighted by Crippen LogP contribution is 2.31. The van der Waals surface area contributed by atoms with Crippen LogP contribution in [0.5, 0.6) is 11.5 Å². The monoisotopic (exact) mass is 377 g/mol. The number of ether oxygens (including phenoxy) is 4. The fraction of sp³-hybridized carbons (Fsp3) is 0.650. The molecule has 2 atom stereocenters. The molecule has 0 spiro atoms. The fourth-order valence-electron chi connectivity index (χ4n) is 3.65. The maximum absolute atomic E-state index is 5.96. The molecule has 7 nitrogen and oxygen atoms in total. The minimum atomic E-state index is 0.108. The van der Waals surface area contributed by atoms with Gasteiger partial charge in [0, 0.05) is 31.8 Å². The zero-order chi connectivity index (χ0) is 19.1. The Morgan fingerprint density at radius 2 is 2.07 bits per heavy atom. The Kier molecular flexibility index (Phi) is 7.18. The molecule has 150 valence electrons. The zero-order valence-corrected chi connectivity index (χ0v) is 16.6. The second-order valence-corrected chi connectivity index (χ2v) is 6.73. The lowest BCUT2D eigenvalue weighted by atomic mass is 10.1. The van der Waals surface area contributed by atoms with Crippen molar-refractivity contribution in [2.24, 2.45) is 4.99 Å². The highest BCUT2D eigenvalue weighted by Gasteiger charge is 2.32. The summed E-state index contributed by atoms with van der Waals surface area (Å²) < 4.78 is 22.7. The normalized spacial score (nSPS) is 23.4. The minimum Gasteiger partial charge on any atom is -0.493 e. The van der Waals surface area contributed by atoms with Gasteiger partial charge < -0.3 is 29.2 Å². The summed E-state index contributed by atoms with van der Waals surface area (Å²) in [7, 11) is 3.30. The Morgan fingerprint density at radius 1 is 1.22 bits per heavy atom. The highest BCUT2D eigenvalue weighted by molar-refractivity contribution is 5.80. The van der Waals surface area contributed by atoms with E-state index in [4.69, 9.17) is 23.9 Å². The molecule has 1 N–H and O–H groups in total. The standard InChI is InChI=1S/C20H31N3O4/c1-4-21-20(22-13-15-7-5-8-17(24-2)19(15)25-3)23-10-12-27-18(14-23)16-9-6-11-26-16/h5,7-8,16,18H,4,6,9-14H2,1-3H3,(H,21,22). The predicted octanol–water partition coefficient (Wildman–Crippen LogP) is 2.05. The maximum Gasteiger partial charge on any atom is 0.194 e. The average molecular weight is 377 g/mol. The Balaban J connectivity index is 1.73. The number of guanidine groups is 1. The van der Waals surface area contributed by atoms with E-state index in [1.54, 1.807) is 14.2 Å². The summed E-state index contributed by atoms with van der Waals surface area (Å²) in [5.74, 6) is 2.35. The molecule has 2 fully saturated rings. The topological polar surface area (TPSA) is 64.6 Å². The summed E-state index contributed by atoms with van der Waals surface area (Å²) in [5.41, 5.74) is 0.996. The van der Waals surface area contributed by atoms with Crippen LogP contribution in [0.2, 0.25) is 0 Å². The lowest BCUT2D eigenvalue weighted by Crippen LogP contribution is -2.53.